The van der Waals surface area contributed by atoms with Gasteiger partial charge in [-0.15, -0.1) is 0 Å². The van der Waals surface area contributed by atoms with Gasteiger partial charge in [-0.25, -0.2) is 8.42 Å². The third-order valence-electron chi connectivity index (χ3n) is 2.34. The molecule has 1 amide bonds. The van der Waals surface area contributed by atoms with Crippen LogP contribution in [-0.2, 0) is 24.3 Å². The van der Waals surface area contributed by atoms with Crippen molar-refractivity contribution in [3.8, 4) is 0 Å². The van der Waals surface area contributed by atoms with Crippen molar-refractivity contribution in [2.24, 2.45) is 0 Å². The van der Waals surface area contributed by atoms with Crippen molar-refractivity contribution in [3.63, 3.8) is 0 Å². The molecule has 1 fully saturated rings. The van der Waals surface area contributed by atoms with Crippen molar-refractivity contribution >= 4 is 21.9 Å². The quantitative estimate of drug-likeness (QED) is 0.603. The van der Waals surface area contributed by atoms with Gasteiger partial charge in [-0.3, -0.25) is 9.59 Å². The third-order valence-corrected chi connectivity index (χ3v) is 4.46. The Morgan fingerprint density at radius 1 is 1.56 bits per heavy atom. The van der Waals surface area contributed by atoms with Gasteiger partial charge in [-0.05, 0) is 6.92 Å². The van der Waals surface area contributed by atoms with Crippen LogP contribution in [0.15, 0.2) is 0 Å². The van der Waals surface area contributed by atoms with E-state index >= 15 is 0 Å². The summed E-state index contributed by atoms with van der Waals surface area (Å²) in [6, 6.07) is 0. The van der Waals surface area contributed by atoms with Crippen molar-refractivity contribution in [1.82, 2.24) is 9.62 Å². The number of rotatable bonds is 3. The number of nitrogens with one attached hydrogen (secondary N) is 1. The number of sulfonamides is 1. The molecule has 0 spiro atoms. The molecule has 1 aliphatic heterocycles. The van der Waals surface area contributed by atoms with Gasteiger partial charge in [0.05, 0.1) is 13.7 Å². The summed E-state index contributed by atoms with van der Waals surface area (Å²) in [4.78, 5) is 22.2. The lowest BCUT2D eigenvalue weighted by molar-refractivity contribution is -0.140. The average Bonchev–Trinajstić information content (AvgIpc) is 2.27. The van der Waals surface area contributed by atoms with Crippen LogP contribution in [-0.4, -0.2) is 56.6 Å². The molecule has 8 heteroatoms. The second-order valence-electron chi connectivity index (χ2n) is 3.39. The molecule has 16 heavy (non-hydrogen) atoms. The van der Waals surface area contributed by atoms with E-state index in [1.807, 2.05) is 0 Å². The van der Waals surface area contributed by atoms with Gasteiger partial charge in [-0.2, -0.15) is 4.31 Å². The fourth-order valence-electron chi connectivity index (χ4n) is 1.34. The fraction of sp³-hybridized carbons (Fsp3) is 0.750. The molecule has 1 saturated heterocycles. The van der Waals surface area contributed by atoms with E-state index in [4.69, 9.17) is 0 Å². The molecule has 1 aliphatic rings. The molecular weight excluding hydrogens is 236 g/mol. The minimum absolute atomic E-state index is 0.176. The third kappa shape index (κ3) is 2.50. The predicted molar refractivity (Wildman–Crippen MR) is 55.0 cm³/mol. The molecule has 1 N–H and O–H groups in total. The lowest BCUT2D eigenvalue weighted by Crippen LogP contribution is -2.53. The lowest BCUT2D eigenvalue weighted by atomic mass is 10.4. The first kappa shape index (κ1) is 12.9. The van der Waals surface area contributed by atoms with Gasteiger partial charge in [0.15, 0.2) is 5.25 Å². The van der Waals surface area contributed by atoms with Crippen molar-refractivity contribution in [3.05, 3.63) is 0 Å². The molecule has 1 heterocycles. The van der Waals surface area contributed by atoms with Crippen LogP contribution in [0.1, 0.15) is 6.92 Å². The highest BCUT2D eigenvalue weighted by Gasteiger charge is 2.36. The van der Waals surface area contributed by atoms with Gasteiger partial charge in [-0.1, -0.05) is 0 Å². The number of amides is 1. The molecule has 0 radical (unpaired) electrons. The Kier molecular flexibility index (Phi) is 3.87. The smallest absolute Gasteiger partial charge is 0.325 e. The normalized spacial score (nSPS) is 20.0. The van der Waals surface area contributed by atoms with Crippen LogP contribution in [0, 0.1) is 0 Å². The van der Waals surface area contributed by atoms with Crippen molar-refractivity contribution in [2.45, 2.75) is 12.2 Å². The number of piperazine rings is 1. The van der Waals surface area contributed by atoms with E-state index in [0.29, 0.717) is 0 Å². The van der Waals surface area contributed by atoms with Crippen LogP contribution < -0.4 is 5.32 Å². The Balaban J connectivity index is 2.84. The molecule has 7 nitrogen and oxygen atoms in total. The number of methoxy groups -OCH3 is 1. The minimum atomic E-state index is -3.81. The molecule has 0 aromatic heterocycles. The highest BCUT2D eigenvalue weighted by molar-refractivity contribution is 7.90. The second kappa shape index (κ2) is 4.79. The van der Waals surface area contributed by atoms with Gasteiger partial charge >= 0.3 is 5.97 Å². The standard InChI is InChI=1S/C8H14N2O5S/c1-6(8(12)15-2)16(13,14)10-4-3-9-7(11)5-10/h6H,3-5H2,1-2H3,(H,9,11). The summed E-state index contributed by atoms with van der Waals surface area (Å²) in [5.41, 5.74) is 0. The van der Waals surface area contributed by atoms with Crippen LogP contribution in [0.4, 0.5) is 0 Å². The molecule has 92 valence electrons. The highest BCUT2D eigenvalue weighted by atomic mass is 32.2. The predicted octanol–water partition coefficient (Wildman–Crippen LogP) is -1.69. The number of hydrogen-bond donors (Lipinski definition) is 1. The largest absolute Gasteiger partial charge is 0.468 e. The zero-order valence-corrected chi connectivity index (χ0v) is 9.91. The summed E-state index contributed by atoms with van der Waals surface area (Å²) in [6.45, 7) is 1.43. The number of ether oxygens (including phenoxy) is 1. The summed E-state index contributed by atoms with van der Waals surface area (Å²) in [7, 11) is -2.69. The summed E-state index contributed by atoms with van der Waals surface area (Å²) in [5.74, 6) is -1.20. The van der Waals surface area contributed by atoms with E-state index < -0.39 is 21.2 Å². The first-order valence-corrected chi connectivity index (χ1v) is 6.23. The summed E-state index contributed by atoms with van der Waals surface area (Å²) < 4.78 is 29.1. The van der Waals surface area contributed by atoms with E-state index in [2.05, 4.69) is 10.1 Å². The Hall–Kier alpha value is -1.15. The van der Waals surface area contributed by atoms with Crippen LogP contribution in [0.25, 0.3) is 0 Å². The van der Waals surface area contributed by atoms with Crippen LogP contribution in [0.2, 0.25) is 0 Å². The molecule has 1 rings (SSSR count). The maximum Gasteiger partial charge on any atom is 0.325 e. The van der Waals surface area contributed by atoms with Gasteiger partial charge in [0, 0.05) is 13.1 Å². The zero-order valence-electron chi connectivity index (χ0n) is 9.10. The van der Waals surface area contributed by atoms with E-state index in [-0.39, 0.29) is 25.5 Å². The van der Waals surface area contributed by atoms with Crippen LogP contribution >= 0.6 is 0 Å². The monoisotopic (exact) mass is 250 g/mol. The number of esters is 1. The SMILES string of the molecule is COC(=O)C(C)S(=O)(=O)N1CCNC(=O)C1. The number of nitrogens with zero attached hydrogens (tertiary/aromatic N) is 1. The van der Waals surface area contributed by atoms with Crippen LogP contribution in [0.5, 0.6) is 0 Å². The van der Waals surface area contributed by atoms with Crippen molar-refractivity contribution in [1.29, 1.82) is 0 Å². The fourth-order valence-corrected chi connectivity index (χ4v) is 2.77. The molecular formula is C8H14N2O5S. The van der Waals surface area contributed by atoms with Gasteiger partial charge in [0.1, 0.15) is 0 Å². The molecule has 1 unspecified atom stereocenters. The number of carbonyl (C=O) groups excluding carboxylic acids is 2. The highest BCUT2D eigenvalue weighted by Crippen LogP contribution is 2.11. The Morgan fingerprint density at radius 3 is 2.69 bits per heavy atom. The van der Waals surface area contributed by atoms with Crippen molar-refractivity contribution in [2.75, 3.05) is 26.7 Å². The molecule has 0 aromatic carbocycles. The molecule has 0 bridgehead atoms. The Morgan fingerprint density at radius 2 is 2.19 bits per heavy atom. The molecule has 0 aliphatic carbocycles. The minimum Gasteiger partial charge on any atom is -0.468 e. The first-order valence-electron chi connectivity index (χ1n) is 4.73. The number of hydrogen-bond acceptors (Lipinski definition) is 5. The molecule has 0 saturated carbocycles. The van der Waals surface area contributed by atoms with E-state index in [1.165, 1.54) is 6.92 Å². The average molecular weight is 250 g/mol. The number of carbonyl (C=O) groups is 2. The van der Waals surface area contributed by atoms with Gasteiger partial charge < -0.3 is 10.1 Å². The van der Waals surface area contributed by atoms with E-state index in [0.717, 1.165) is 11.4 Å². The summed E-state index contributed by atoms with van der Waals surface area (Å²) in [5, 5.41) is 1.22. The van der Waals surface area contributed by atoms with Crippen molar-refractivity contribution < 1.29 is 22.7 Å². The van der Waals surface area contributed by atoms with Gasteiger partial charge in [0.2, 0.25) is 15.9 Å². The van der Waals surface area contributed by atoms with Gasteiger partial charge in [0.25, 0.3) is 0 Å². The summed E-state index contributed by atoms with van der Waals surface area (Å²) in [6.07, 6.45) is 0. The lowest BCUT2D eigenvalue weighted by Gasteiger charge is -2.27. The second-order valence-corrected chi connectivity index (χ2v) is 5.65. The summed E-state index contributed by atoms with van der Waals surface area (Å²) >= 11 is 0. The Bertz CT molecular complexity index is 391. The topological polar surface area (TPSA) is 92.8 Å². The van der Waals surface area contributed by atoms with E-state index in [9.17, 15) is 18.0 Å². The van der Waals surface area contributed by atoms with E-state index in [1.54, 1.807) is 0 Å². The zero-order chi connectivity index (χ0) is 12.3. The Labute approximate surface area is 93.8 Å². The maximum absolute atomic E-state index is 11.9. The maximum atomic E-state index is 11.9. The first-order chi connectivity index (χ1) is 7.39. The molecule has 0 aromatic rings. The molecule has 1 atom stereocenters. The van der Waals surface area contributed by atoms with Crippen LogP contribution in [0.3, 0.4) is 0 Å².